The van der Waals surface area contributed by atoms with E-state index in [9.17, 15) is 4.79 Å². The van der Waals surface area contributed by atoms with Gasteiger partial charge in [-0.05, 0) is 24.7 Å². The molecule has 0 heterocycles. The average Bonchev–Trinajstić information content (AvgIpc) is 2.16. The lowest BCUT2D eigenvalue weighted by Gasteiger charge is -2.37. The summed E-state index contributed by atoms with van der Waals surface area (Å²) in [6, 6.07) is 0.00787. The molecule has 0 aromatic rings. The third kappa shape index (κ3) is 4.20. The van der Waals surface area contributed by atoms with Gasteiger partial charge in [0.2, 0.25) is 0 Å². The van der Waals surface area contributed by atoms with Crippen molar-refractivity contribution in [2.24, 2.45) is 11.1 Å². The van der Waals surface area contributed by atoms with Gasteiger partial charge in [-0.15, -0.1) is 0 Å². The van der Waals surface area contributed by atoms with Crippen molar-refractivity contribution in [3.8, 4) is 0 Å². The summed E-state index contributed by atoms with van der Waals surface area (Å²) in [5.41, 5.74) is 5.92. The number of carbonyl (C=O) groups is 1. The van der Waals surface area contributed by atoms with E-state index in [2.05, 4.69) is 13.8 Å². The van der Waals surface area contributed by atoms with Crippen LogP contribution in [-0.4, -0.2) is 17.1 Å². The number of hydrogen-bond donors (Lipinski definition) is 2. The van der Waals surface area contributed by atoms with Crippen LogP contribution in [0.2, 0.25) is 0 Å². The van der Waals surface area contributed by atoms with Crippen LogP contribution in [0.1, 0.15) is 59.3 Å². The zero-order valence-corrected chi connectivity index (χ0v) is 10.3. The van der Waals surface area contributed by atoms with E-state index >= 15 is 0 Å². The second-order valence-electron chi connectivity index (χ2n) is 4.45. The maximum absolute atomic E-state index is 10.9. The number of hydrogen-bond acceptors (Lipinski definition) is 2. The van der Waals surface area contributed by atoms with E-state index in [1.807, 2.05) is 6.92 Å². The summed E-state index contributed by atoms with van der Waals surface area (Å²) in [6.45, 7) is 6.22. The van der Waals surface area contributed by atoms with Crippen molar-refractivity contribution >= 4 is 5.97 Å². The highest BCUT2D eigenvalue weighted by molar-refractivity contribution is 5.67. The minimum absolute atomic E-state index is 0.00787. The van der Waals surface area contributed by atoms with E-state index in [0.29, 0.717) is 0 Å². The Morgan fingerprint density at radius 2 is 1.73 bits per heavy atom. The van der Waals surface area contributed by atoms with Crippen LogP contribution in [-0.2, 0) is 4.79 Å². The quantitative estimate of drug-likeness (QED) is 0.654. The summed E-state index contributed by atoms with van der Waals surface area (Å²) in [5, 5.41) is 8.99. The van der Waals surface area contributed by atoms with E-state index in [4.69, 9.17) is 10.8 Å². The molecule has 0 aliphatic rings. The molecule has 0 rings (SSSR count). The smallest absolute Gasteiger partial charge is 0.303 e. The average molecular weight is 215 g/mol. The summed E-state index contributed by atoms with van der Waals surface area (Å²) < 4.78 is 0. The van der Waals surface area contributed by atoms with Gasteiger partial charge in [0.05, 0.1) is 6.42 Å². The van der Waals surface area contributed by atoms with Crippen LogP contribution in [0.5, 0.6) is 0 Å². The summed E-state index contributed by atoms with van der Waals surface area (Å²) >= 11 is 0. The molecule has 90 valence electrons. The number of nitrogens with two attached hydrogens (primary N) is 1. The fraction of sp³-hybridized carbons (Fsp3) is 0.917. The van der Waals surface area contributed by atoms with Gasteiger partial charge >= 0.3 is 5.97 Å². The summed E-state index contributed by atoms with van der Waals surface area (Å²) in [5.74, 6) is -0.721. The first-order chi connectivity index (χ1) is 7.02. The third-order valence-corrected chi connectivity index (χ3v) is 3.23. The molecule has 0 aromatic carbocycles. The molecule has 0 aliphatic carbocycles. The van der Waals surface area contributed by atoms with Gasteiger partial charge in [0.15, 0.2) is 0 Å². The fourth-order valence-corrected chi connectivity index (χ4v) is 2.53. The number of carboxylic acids is 1. The van der Waals surface area contributed by atoms with Crippen molar-refractivity contribution in [3.63, 3.8) is 0 Å². The molecule has 0 bridgehead atoms. The van der Waals surface area contributed by atoms with Gasteiger partial charge in [0.25, 0.3) is 0 Å². The van der Waals surface area contributed by atoms with Crippen LogP contribution in [0, 0.1) is 5.41 Å². The van der Waals surface area contributed by atoms with Crippen LogP contribution in [0.15, 0.2) is 0 Å². The molecule has 3 nitrogen and oxygen atoms in total. The van der Waals surface area contributed by atoms with Gasteiger partial charge in [0.1, 0.15) is 0 Å². The van der Waals surface area contributed by atoms with Crippen LogP contribution in [0.4, 0.5) is 0 Å². The number of rotatable bonds is 8. The molecule has 0 spiro atoms. The second kappa shape index (κ2) is 6.83. The van der Waals surface area contributed by atoms with Gasteiger partial charge in [-0.1, -0.05) is 33.6 Å². The molecule has 1 atom stereocenters. The SMILES string of the molecule is CCCC(CCC)(CC(=O)O)C(N)CC. The normalized spacial score (nSPS) is 13.9. The second-order valence-corrected chi connectivity index (χ2v) is 4.45. The molecule has 0 amide bonds. The van der Waals surface area contributed by atoms with Crippen molar-refractivity contribution in [1.82, 2.24) is 0 Å². The van der Waals surface area contributed by atoms with E-state index in [0.717, 1.165) is 32.1 Å². The van der Waals surface area contributed by atoms with Gasteiger partial charge in [-0.2, -0.15) is 0 Å². The van der Waals surface area contributed by atoms with Gasteiger partial charge < -0.3 is 10.8 Å². The molecule has 3 heteroatoms. The molecule has 0 aliphatic heterocycles. The van der Waals surface area contributed by atoms with E-state index in [1.54, 1.807) is 0 Å². The van der Waals surface area contributed by atoms with Gasteiger partial charge in [-0.25, -0.2) is 0 Å². The predicted molar refractivity (Wildman–Crippen MR) is 62.8 cm³/mol. The summed E-state index contributed by atoms with van der Waals surface area (Å²) in [4.78, 5) is 10.9. The lowest BCUT2D eigenvalue weighted by atomic mass is 9.70. The molecule has 0 saturated heterocycles. The Balaban J connectivity index is 4.78. The summed E-state index contributed by atoms with van der Waals surface area (Å²) in [7, 11) is 0. The lowest BCUT2D eigenvalue weighted by molar-refractivity contribution is -0.140. The lowest BCUT2D eigenvalue weighted by Crippen LogP contribution is -2.43. The van der Waals surface area contributed by atoms with Crippen LogP contribution >= 0.6 is 0 Å². The van der Waals surface area contributed by atoms with Crippen molar-refractivity contribution in [2.45, 2.75) is 65.3 Å². The predicted octanol–water partition coefficient (Wildman–Crippen LogP) is 2.79. The van der Waals surface area contributed by atoms with E-state index in [1.165, 1.54) is 0 Å². The Morgan fingerprint density at radius 1 is 1.27 bits per heavy atom. The van der Waals surface area contributed by atoms with Crippen LogP contribution < -0.4 is 5.73 Å². The highest BCUT2D eigenvalue weighted by Crippen LogP contribution is 2.37. The zero-order chi connectivity index (χ0) is 11.9. The Labute approximate surface area is 93.0 Å². The van der Waals surface area contributed by atoms with E-state index < -0.39 is 5.97 Å². The zero-order valence-electron chi connectivity index (χ0n) is 10.3. The molecular weight excluding hydrogens is 190 g/mol. The van der Waals surface area contributed by atoms with Crippen molar-refractivity contribution in [3.05, 3.63) is 0 Å². The molecule has 1 unspecified atom stereocenters. The first kappa shape index (κ1) is 14.4. The Bertz CT molecular complexity index is 186. The van der Waals surface area contributed by atoms with Crippen molar-refractivity contribution in [2.75, 3.05) is 0 Å². The molecule has 0 radical (unpaired) electrons. The Hall–Kier alpha value is -0.570. The van der Waals surface area contributed by atoms with E-state index in [-0.39, 0.29) is 17.9 Å². The van der Waals surface area contributed by atoms with Gasteiger partial charge in [-0.3, -0.25) is 4.79 Å². The highest BCUT2D eigenvalue weighted by atomic mass is 16.4. The maximum Gasteiger partial charge on any atom is 0.303 e. The molecule has 3 N–H and O–H groups in total. The standard InChI is InChI=1S/C12H25NO2/c1-4-7-12(8-5-2,9-11(14)15)10(13)6-3/h10H,4-9,13H2,1-3H3,(H,14,15). The molecular formula is C12H25NO2. The van der Waals surface area contributed by atoms with Crippen LogP contribution in [0.3, 0.4) is 0 Å². The molecule has 0 aromatic heterocycles. The topological polar surface area (TPSA) is 63.3 Å². The Morgan fingerprint density at radius 3 is 2.00 bits per heavy atom. The minimum Gasteiger partial charge on any atom is -0.481 e. The highest BCUT2D eigenvalue weighted by Gasteiger charge is 2.36. The minimum atomic E-state index is -0.721. The molecule has 15 heavy (non-hydrogen) atoms. The van der Waals surface area contributed by atoms with Crippen molar-refractivity contribution < 1.29 is 9.90 Å². The fourth-order valence-electron chi connectivity index (χ4n) is 2.53. The van der Waals surface area contributed by atoms with Crippen LogP contribution in [0.25, 0.3) is 0 Å². The monoisotopic (exact) mass is 215 g/mol. The number of aliphatic carboxylic acids is 1. The van der Waals surface area contributed by atoms with Gasteiger partial charge in [0, 0.05) is 6.04 Å². The molecule has 0 saturated carbocycles. The summed E-state index contributed by atoms with van der Waals surface area (Å²) in [6.07, 6.45) is 4.91. The molecule has 0 fully saturated rings. The van der Waals surface area contributed by atoms with Crippen molar-refractivity contribution in [1.29, 1.82) is 0 Å². The maximum atomic E-state index is 10.9. The first-order valence-corrected chi connectivity index (χ1v) is 5.99. The number of carboxylic acid groups (broad SMARTS) is 1. The Kier molecular flexibility index (Phi) is 6.57. The first-order valence-electron chi connectivity index (χ1n) is 5.99. The largest absolute Gasteiger partial charge is 0.481 e. The third-order valence-electron chi connectivity index (χ3n) is 3.23.